The van der Waals surface area contributed by atoms with Crippen molar-refractivity contribution in [3.63, 3.8) is 0 Å². The molecule has 3 nitrogen and oxygen atoms in total. The summed E-state index contributed by atoms with van der Waals surface area (Å²) in [4.78, 5) is 8.23. The average Bonchev–Trinajstić information content (AvgIpc) is 2.22. The second kappa shape index (κ2) is 5.31. The van der Waals surface area contributed by atoms with Crippen LogP contribution >= 0.6 is 11.6 Å². The molecule has 1 aliphatic carbocycles. The van der Waals surface area contributed by atoms with Crippen LogP contribution in [0.25, 0.3) is 0 Å². The van der Waals surface area contributed by atoms with E-state index in [1.165, 1.54) is 19.3 Å². The van der Waals surface area contributed by atoms with Crippen molar-refractivity contribution in [2.24, 2.45) is 5.92 Å². The van der Waals surface area contributed by atoms with Gasteiger partial charge in [0.15, 0.2) is 0 Å². The number of ether oxygens (including phenoxy) is 1. The minimum absolute atomic E-state index is 0.382. The SMILES string of the molecule is ClCc1cncc(OCCC2CCC2)n1. The zero-order chi connectivity index (χ0) is 10.5. The van der Waals surface area contributed by atoms with Crippen molar-refractivity contribution in [2.75, 3.05) is 6.61 Å². The molecule has 0 atom stereocenters. The molecule has 0 amide bonds. The fourth-order valence-corrected chi connectivity index (χ4v) is 1.76. The summed E-state index contributed by atoms with van der Waals surface area (Å²) < 4.78 is 5.52. The topological polar surface area (TPSA) is 35.0 Å². The van der Waals surface area contributed by atoms with Gasteiger partial charge in [0.05, 0.1) is 24.4 Å². The van der Waals surface area contributed by atoms with E-state index in [-0.39, 0.29) is 0 Å². The van der Waals surface area contributed by atoms with E-state index in [0.717, 1.165) is 24.6 Å². The lowest BCUT2D eigenvalue weighted by Gasteiger charge is -2.24. The molecule has 0 spiro atoms. The van der Waals surface area contributed by atoms with Crippen LogP contribution in [0, 0.1) is 5.92 Å². The average molecular weight is 227 g/mol. The highest BCUT2D eigenvalue weighted by Crippen LogP contribution is 2.29. The summed E-state index contributed by atoms with van der Waals surface area (Å²) in [5.74, 6) is 1.84. The third-order valence-electron chi connectivity index (χ3n) is 2.80. The Morgan fingerprint density at radius 3 is 2.93 bits per heavy atom. The van der Waals surface area contributed by atoms with Gasteiger partial charge in [0.1, 0.15) is 0 Å². The minimum Gasteiger partial charge on any atom is -0.477 e. The van der Waals surface area contributed by atoms with E-state index in [4.69, 9.17) is 16.3 Å². The molecule has 0 aliphatic heterocycles. The molecular formula is C11H15ClN2O. The summed E-state index contributed by atoms with van der Waals surface area (Å²) in [7, 11) is 0. The molecule has 1 aromatic heterocycles. The van der Waals surface area contributed by atoms with Gasteiger partial charge in [0, 0.05) is 6.20 Å². The summed E-state index contributed by atoms with van der Waals surface area (Å²) in [5, 5.41) is 0. The summed E-state index contributed by atoms with van der Waals surface area (Å²) in [6, 6.07) is 0. The number of hydrogen-bond acceptors (Lipinski definition) is 3. The number of hydrogen-bond donors (Lipinski definition) is 0. The second-order valence-electron chi connectivity index (χ2n) is 3.92. The quantitative estimate of drug-likeness (QED) is 0.725. The van der Waals surface area contributed by atoms with Crippen molar-refractivity contribution in [3.05, 3.63) is 18.1 Å². The van der Waals surface area contributed by atoms with Crippen molar-refractivity contribution >= 4 is 11.6 Å². The number of nitrogens with zero attached hydrogens (tertiary/aromatic N) is 2. The van der Waals surface area contributed by atoms with Gasteiger partial charge >= 0.3 is 0 Å². The number of alkyl halides is 1. The van der Waals surface area contributed by atoms with Crippen LogP contribution in [0.1, 0.15) is 31.4 Å². The van der Waals surface area contributed by atoms with Crippen LogP contribution in [0.4, 0.5) is 0 Å². The van der Waals surface area contributed by atoms with Gasteiger partial charge < -0.3 is 4.74 Å². The van der Waals surface area contributed by atoms with Crippen molar-refractivity contribution in [3.8, 4) is 5.88 Å². The Morgan fingerprint density at radius 2 is 2.27 bits per heavy atom. The number of rotatable bonds is 5. The van der Waals surface area contributed by atoms with Crippen LogP contribution in [-0.2, 0) is 5.88 Å². The number of halogens is 1. The summed E-state index contributed by atoms with van der Waals surface area (Å²) in [5.41, 5.74) is 0.762. The van der Waals surface area contributed by atoms with E-state index in [1.807, 2.05) is 0 Å². The predicted octanol–water partition coefficient (Wildman–Crippen LogP) is 2.78. The Kier molecular flexibility index (Phi) is 3.78. The maximum Gasteiger partial charge on any atom is 0.232 e. The van der Waals surface area contributed by atoms with Crippen LogP contribution in [0.5, 0.6) is 5.88 Å². The summed E-state index contributed by atoms with van der Waals surface area (Å²) in [6.07, 6.45) is 8.52. The molecule has 1 fully saturated rings. The van der Waals surface area contributed by atoms with E-state index in [0.29, 0.717) is 11.8 Å². The highest BCUT2D eigenvalue weighted by Gasteiger charge is 2.16. The van der Waals surface area contributed by atoms with Crippen molar-refractivity contribution < 1.29 is 4.74 Å². The second-order valence-corrected chi connectivity index (χ2v) is 4.18. The van der Waals surface area contributed by atoms with Crippen molar-refractivity contribution in [1.29, 1.82) is 0 Å². The molecule has 0 aromatic carbocycles. The van der Waals surface area contributed by atoms with Crippen LogP contribution in [0.3, 0.4) is 0 Å². The molecule has 0 saturated heterocycles. The van der Waals surface area contributed by atoms with Gasteiger partial charge in [0.2, 0.25) is 5.88 Å². The van der Waals surface area contributed by atoms with Gasteiger partial charge in [-0.2, -0.15) is 0 Å². The lowest BCUT2D eigenvalue weighted by molar-refractivity contribution is 0.216. The molecule has 0 N–H and O–H groups in total. The first-order valence-corrected chi connectivity index (χ1v) is 5.91. The van der Waals surface area contributed by atoms with Gasteiger partial charge in [-0.05, 0) is 12.3 Å². The van der Waals surface area contributed by atoms with E-state index in [9.17, 15) is 0 Å². The normalized spacial score (nSPS) is 16.1. The van der Waals surface area contributed by atoms with Crippen molar-refractivity contribution in [2.45, 2.75) is 31.6 Å². The zero-order valence-electron chi connectivity index (χ0n) is 8.66. The number of aromatic nitrogens is 2. The first kappa shape index (κ1) is 10.7. The van der Waals surface area contributed by atoms with E-state index < -0.39 is 0 Å². The van der Waals surface area contributed by atoms with Crippen LogP contribution in [0.15, 0.2) is 12.4 Å². The van der Waals surface area contributed by atoms with Crippen LogP contribution in [-0.4, -0.2) is 16.6 Å². The van der Waals surface area contributed by atoms with E-state index in [2.05, 4.69) is 9.97 Å². The maximum absolute atomic E-state index is 5.66. The molecule has 1 heterocycles. The minimum atomic E-state index is 0.382. The van der Waals surface area contributed by atoms with Crippen LogP contribution < -0.4 is 4.74 Å². The molecule has 0 radical (unpaired) electrons. The largest absolute Gasteiger partial charge is 0.477 e. The Labute approximate surface area is 94.8 Å². The smallest absolute Gasteiger partial charge is 0.232 e. The highest BCUT2D eigenvalue weighted by molar-refractivity contribution is 6.16. The predicted molar refractivity (Wildman–Crippen MR) is 59.0 cm³/mol. The highest BCUT2D eigenvalue weighted by atomic mass is 35.5. The molecule has 15 heavy (non-hydrogen) atoms. The molecule has 1 aliphatic rings. The van der Waals surface area contributed by atoms with Gasteiger partial charge in [-0.1, -0.05) is 19.3 Å². The van der Waals surface area contributed by atoms with Gasteiger partial charge in [-0.3, -0.25) is 4.98 Å². The lowest BCUT2D eigenvalue weighted by Crippen LogP contribution is -2.14. The van der Waals surface area contributed by atoms with E-state index >= 15 is 0 Å². The fourth-order valence-electron chi connectivity index (χ4n) is 1.63. The third kappa shape index (κ3) is 3.06. The summed E-state index contributed by atoms with van der Waals surface area (Å²) in [6.45, 7) is 0.741. The maximum atomic E-state index is 5.66. The van der Waals surface area contributed by atoms with Crippen molar-refractivity contribution in [1.82, 2.24) is 9.97 Å². The summed E-state index contributed by atoms with van der Waals surface area (Å²) >= 11 is 5.66. The lowest BCUT2D eigenvalue weighted by atomic mass is 9.83. The zero-order valence-corrected chi connectivity index (χ0v) is 9.41. The molecular weight excluding hydrogens is 212 g/mol. The van der Waals surface area contributed by atoms with Gasteiger partial charge in [0.25, 0.3) is 0 Å². The molecule has 0 bridgehead atoms. The first-order valence-electron chi connectivity index (χ1n) is 5.38. The Hall–Kier alpha value is -0.830. The third-order valence-corrected chi connectivity index (χ3v) is 3.07. The Bertz CT molecular complexity index is 315. The van der Waals surface area contributed by atoms with Gasteiger partial charge in [-0.25, -0.2) is 4.98 Å². The Morgan fingerprint density at radius 1 is 1.40 bits per heavy atom. The standard InChI is InChI=1S/C11H15ClN2O/c12-6-10-7-13-8-11(14-10)15-5-4-9-2-1-3-9/h7-9H,1-6H2. The molecule has 1 aromatic rings. The Balaban J connectivity index is 1.76. The molecule has 4 heteroatoms. The molecule has 2 rings (SSSR count). The van der Waals surface area contributed by atoms with E-state index in [1.54, 1.807) is 12.4 Å². The van der Waals surface area contributed by atoms with Gasteiger partial charge in [-0.15, -0.1) is 11.6 Å². The fraction of sp³-hybridized carbons (Fsp3) is 0.636. The molecule has 82 valence electrons. The van der Waals surface area contributed by atoms with Crippen LogP contribution in [0.2, 0.25) is 0 Å². The molecule has 1 saturated carbocycles. The first-order chi connectivity index (χ1) is 7.38. The monoisotopic (exact) mass is 226 g/mol. The molecule has 0 unspecified atom stereocenters.